The summed E-state index contributed by atoms with van der Waals surface area (Å²) in [6.45, 7) is 11.9. The summed E-state index contributed by atoms with van der Waals surface area (Å²) in [5.41, 5.74) is 5.48. The molecule has 1 aliphatic heterocycles. The van der Waals surface area contributed by atoms with Crippen molar-refractivity contribution in [2.45, 2.75) is 13.8 Å². The monoisotopic (exact) mass is 186 g/mol. The van der Waals surface area contributed by atoms with Crippen LogP contribution >= 0.6 is 0 Å². The lowest BCUT2D eigenvalue weighted by Crippen LogP contribution is -2.21. The number of allylic oxidation sites excluding steroid dienone is 2. The van der Waals surface area contributed by atoms with Gasteiger partial charge in [-0.2, -0.15) is 0 Å². The molecule has 2 heteroatoms. The molecule has 0 saturated carbocycles. The molecule has 2 nitrogen and oxygen atoms in total. The third-order valence-electron chi connectivity index (χ3n) is 2.60. The summed E-state index contributed by atoms with van der Waals surface area (Å²) in [5.74, 6) is 0. The lowest BCUT2D eigenvalue weighted by molar-refractivity contribution is 0.927. The van der Waals surface area contributed by atoms with E-state index in [2.05, 4.69) is 49.0 Å². The first kappa shape index (κ1) is 8.88. The zero-order chi connectivity index (χ0) is 10.3. The van der Waals surface area contributed by atoms with Gasteiger partial charge < -0.3 is 9.88 Å². The molecule has 72 valence electrons. The SMILES string of the molecule is C=CC1=C(C)n2c(C)ccc2C(=C)N1. The number of nitrogens with zero attached hydrogens (tertiary/aromatic N) is 1. The molecular formula is C12H14N2. The number of aryl methyl sites for hydroxylation is 1. The first-order valence-electron chi connectivity index (χ1n) is 4.63. The van der Waals surface area contributed by atoms with Gasteiger partial charge in [-0.1, -0.05) is 13.2 Å². The molecule has 0 unspecified atom stereocenters. The molecule has 0 atom stereocenters. The van der Waals surface area contributed by atoms with Crippen LogP contribution in [0, 0.1) is 6.92 Å². The fourth-order valence-corrected chi connectivity index (χ4v) is 1.86. The number of hydrogen-bond acceptors (Lipinski definition) is 1. The second-order valence-corrected chi connectivity index (χ2v) is 3.50. The number of fused-ring (bicyclic) bond motifs is 1. The van der Waals surface area contributed by atoms with Crippen molar-refractivity contribution in [2.24, 2.45) is 0 Å². The highest BCUT2D eigenvalue weighted by Gasteiger charge is 2.17. The van der Waals surface area contributed by atoms with Crippen LogP contribution in [0.4, 0.5) is 0 Å². The van der Waals surface area contributed by atoms with Crippen molar-refractivity contribution >= 4 is 11.4 Å². The van der Waals surface area contributed by atoms with Crippen molar-refractivity contribution < 1.29 is 0 Å². The molecule has 14 heavy (non-hydrogen) atoms. The Bertz CT molecular complexity index is 447. The molecule has 2 rings (SSSR count). The first-order chi connectivity index (χ1) is 6.65. The Balaban J connectivity index is 2.72. The quantitative estimate of drug-likeness (QED) is 0.713. The molecule has 1 aromatic rings. The summed E-state index contributed by atoms with van der Waals surface area (Å²) >= 11 is 0. The first-order valence-corrected chi connectivity index (χ1v) is 4.63. The summed E-state index contributed by atoms with van der Waals surface area (Å²) < 4.78 is 2.19. The van der Waals surface area contributed by atoms with Gasteiger partial charge in [0.05, 0.1) is 17.1 Å². The van der Waals surface area contributed by atoms with Gasteiger partial charge in [0.15, 0.2) is 0 Å². The Kier molecular flexibility index (Phi) is 1.84. The number of aromatic nitrogens is 1. The van der Waals surface area contributed by atoms with E-state index < -0.39 is 0 Å². The summed E-state index contributed by atoms with van der Waals surface area (Å²) in [6, 6.07) is 4.17. The van der Waals surface area contributed by atoms with E-state index in [-0.39, 0.29) is 0 Å². The summed E-state index contributed by atoms with van der Waals surface area (Å²) in [5, 5.41) is 3.23. The van der Waals surface area contributed by atoms with Crippen LogP contribution in [0.15, 0.2) is 37.1 Å². The molecule has 0 fully saturated rings. The Hall–Kier alpha value is -1.70. The van der Waals surface area contributed by atoms with Crippen molar-refractivity contribution in [1.29, 1.82) is 0 Å². The molecule has 1 aromatic heterocycles. The van der Waals surface area contributed by atoms with Gasteiger partial charge in [0.2, 0.25) is 0 Å². The van der Waals surface area contributed by atoms with Crippen LogP contribution in [0.25, 0.3) is 11.4 Å². The van der Waals surface area contributed by atoms with Crippen LogP contribution in [0.1, 0.15) is 18.3 Å². The zero-order valence-electron chi connectivity index (χ0n) is 8.59. The highest BCUT2D eigenvalue weighted by molar-refractivity contribution is 5.73. The standard InChI is InChI=1S/C12H14N2/c1-5-11-10(4)14-8(2)6-7-12(14)9(3)13-11/h5-7,13H,1,3H2,2,4H3. The van der Waals surface area contributed by atoms with E-state index in [1.165, 1.54) is 11.4 Å². The molecule has 0 saturated heterocycles. The van der Waals surface area contributed by atoms with Crippen LogP contribution in [0.2, 0.25) is 0 Å². The van der Waals surface area contributed by atoms with Crippen LogP contribution in [-0.2, 0) is 0 Å². The Morgan fingerprint density at radius 1 is 1.36 bits per heavy atom. The van der Waals surface area contributed by atoms with Gasteiger partial charge in [0.1, 0.15) is 0 Å². The molecule has 0 bridgehead atoms. The zero-order valence-corrected chi connectivity index (χ0v) is 8.59. The lowest BCUT2D eigenvalue weighted by atomic mass is 10.2. The lowest BCUT2D eigenvalue weighted by Gasteiger charge is -2.24. The van der Waals surface area contributed by atoms with Crippen LogP contribution < -0.4 is 5.32 Å². The third kappa shape index (κ3) is 1.04. The molecule has 2 heterocycles. The van der Waals surface area contributed by atoms with Gasteiger partial charge in [0, 0.05) is 11.4 Å². The van der Waals surface area contributed by atoms with Crippen LogP contribution in [0.3, 0.4) is 0 Å². The maximum atomic E-state index is 3.99. The topological polar surface area (TPSA) is 17.0 Å². The van der Waals surface area contributed by atoms with Gasteiger partial charge in [-0.3, -0.25) is 0 Å². The highest BCUT2D eigenvalue weighted by Crippen LogP contribution is 2.27. The smallest absolute Gasteiger partial charge is 0.0685 e. The second kappa shape index (κ2) is 2.91. The number of nitrogens with one attached hydrogen (secondary N) is 1. The minimum atomic E-state index is 0.929. The van der Waals surface area contributed by atoms with Gasteiger partial charge in [0.25, 0.3) is 0 Å². The summed E-state index contributed by atoms with van der Waals surface area (Å²) in [6.07, 6.45) is 1.82. The average molecular weight is 186 g/mol. The highest BCUT2D eigenvalue weighted by atomic mass is 15.1. The van der Waals surface area contributed by atoms with E-state index in [4.69, 9.17) is 0 Å². The van der Waals surface area contributed by atoms with E-state index in [9.17, 15) is 0 Å². The fourth-order valence-electron chi connectivity index (χ4n) is 1.86. The Morgan fingerprint density at radius 3 is 2.71 bits per heavy atom. The molecule has 0 aromatic carbocycles. The van der Waals surface area contributed by atoms with Gasteiger partial charge >= 0.3 is 0 Å². The number of hydrogen-bond donors (Lipinski definition) is 1. The minimum absolute atomic E-state index is 0.929. The van der Waals surface area contributed by atoms with Gasteiger partial charge in [-0.15, -0.1) is 0 Å². The van der Waals surface area contributed by atoms with E-state index in [0.717, 1.165) is 17.1 Å². The van der Waals surface area contributed by atoms with Crippen molar-refractivity contribution in [3.05, 3.63) is 48.5 Å². The average Bonchev–Trinajstić information content (AvgIpc) is 2.54. The predicted octanol–water partition coefficient (Wildman–Crippen LogP) is 2.74. The molecule has 0 spiro atoms. The maximum absolute atomic E-state index is 3.99. The molecule has 0 amide bonds. The summed E-state index contributed by atoms with van der Waals surface area (Å²) in [7, 11) is 0. The van der Waals surface area contributed by atoms with Crippen molar-refractivity contribution in [1.82, 2.24) is 9.88 Å². The fraction of sp³-hybridized carbons (Fsp3) is 0.167. The van der Waals surface area contributed by atoms with Crippen molar-refractivity contribution in [3.8, 4) is 0 Å². The van der Waals surface area contributed by atoms with E-state index in [1.807, 2.05) is 6.08 Å². The van der Waals surface area contributed by atoms with Gasteiger partial charge in [-0.05, 0) is 32.1 Å². The maximum Gasteiger partial charge on any atom is 0.0685 e. The molecule has 0 radical (unpaired) electrons. The molecule has 1 N–H and O–H groups in total. The van der Waals surface area contributed by atoms with Crippen molar-refractivity contribution in [3.63, 3.8) is 0 Å². The molecule has 1 aliphatic rings. The number of rotatable bonds is 1. The van der Waals surface area contributed by atoms with Crippen LogP contribution in [-0.4, -0.2) is 4.57 Å². The second-order valence-electron chi connectivity index (χ2n) is 3.50. The van der Waals surface area contributed by atoms with E-state index in [0.29, 0.717) is 0 Å². The Morgan fingerprint density at radius 2 is 2.07 bits per heavy atom. The van der Waals surface area contributed by atoms with Gasteiger partial charge in [-0.25, -0.2) is 0 Å². The van der Waals surface area contributed by atoms with E-state index >= 15 is 0 Å². The Labute approximate surface area is 84.2 Å². The van der Waals surface area contributed by atoms with Crippen molar-refractivity contribution in [2.75, 3.05) is 0 Å². The normalized spacial score (nSPS) is 15.1. The largest absolute Gasteiger partial charge is 0.353 e. The summed E-state index contributed by atoms with van der Waals surface area (Å²) in [4.78, 5) is 0. The minimum Gasteiger partial charge on any atom is -0.353 e. The van der Waals surface area contributed by atoms with Crippen LogP contribution in [0.5, 0.6) is 0 Å². The molecular weight excluding hydrogens is 172 g/mol. The van der Waals surface area contributed by atoms with E-state index in [1.54, 1.807) is 0 Å². The third-order valence-corrected chi connectivity index (χ3v) is 2.60. The predicted molar refractivity (Wildman–Crippen MR) is 60.4 cm³/mol. The molecule has 0 aliphatic carbocycles.